The first-order chi connectivity index (χ1) is 35.2. The van der Waals surface area contributed by atoms with Gasteiger partial charge in [0.05, 0.1) is 74.4 Å². The molecule has 5 aromatic heterocycles. The predicted molar refractivity (Wildman–Crippen MR) is 289 cm³/mol. The second kappa shape index (κ2) is 14.6. The van der Waals surface area contributed by atoms with Crippen molar-refractivity contribution < 1.29 is 0 Å². The number of aromatic nitrogens is 5. The van der Waals surface area contributed by atoms with Gasteiger partial charge in [0.2, 0.25) is 0 Å². The van der Waals surface area contributed by atoms with Crippen LogP contribution in [0.2, 0.25) is 0 Å². The number of hydrogen-bond donors (Lipinski definition) is 0. The van der Waals surface area contributed by atoms with Crippen molar-refractivity contribution in [2.45, 2.75) is 27.2 Å². The third kappa shape index (κ3) is 5.25. The van der Waals surface area contributed by atoms with Crippen molar-refractivity contribution >= 4 is 66.7 Å². The van der Waals surface area contributed by atoms with Crippen LogP contribution >= 0.6 is 11.8 Å². The molecule has 6 nitrogen and oxygen atoms in total. The van der Waals surface area contributed by atoms with Gasteiger partial charge in [-0.05, 0) is 106 Å². The smallest absolute Gasteiger partial charge is 0.0939 e. The summed E-state index contributed by atoms with van der Waals surface area (Å²) in [4.78, 5) is 20.3. The van der Waals surface area contributed by atoms with Crippen molar-refractivity contribution in [2.75, 3.05) is 4.90 Å². The summed E-state index contributed by atoms with van der Waals surface area (Å²) >= 11 is 1.86. The zero-order valence-electron chi connectivity index (χ0n) is 38.2. The Bertz CT molecular complexity index is 4220. The van der Waals surface area contributed by atoms with E-state index in [1.54, 1.807) is 0 Å². The van der Waals surface area contributed by atoms with Gasteiger partial charge in [-0.3, -0.25) is 15.0 Å². The fourth-order valence-corrected chi connectivity index (χ4v) is 14.0. The minimum atomic E-state index is -0.673. The summed E-state index contributed by atoms with van der Waals surface area (Å²) in [5.41, 5.74) is 18.8. The van der Waals surface area contributed by atoms with Gasteiger partial charge in [-0.25, -0.2) is 0 Å². The lowest BCUT2D eigenvalue weighted by Crippen LogP contribution is -2.32. The van der Waals surface area contributed by atoms with Crippen molar-refractivity contribution in [2.24, 2.45) is 0 Å². The highest BCUT2D eigenvalue weighted by atomic mass is 32.2. The maximum atomic E-state index is 5.40. The topological polar surface area (TPSA) is 51.8 Å². The normalized spacial score (nSPS) is 18.0. The van der Waals surface area contributed by atoms with Gasteiger partial charge in [0.1, 0.15) is 0 Å². The highest BCUT2D eigenvalue weighted by molar-refractivity contribution is 7.99. The number of pyridine rings is 3. The number of benzene rings is 7. The molecule has 3 atom stereocenters. The molecular weight excluding hydrogens is 885 g/mol. The average Bonchev–Trinajstić information content (AvgIpc) is 4.15. The third-order valence-corrected chi connectivity index (χ3v) is 16.8. The molecule has 7 heteroatoms. The van der Waals surface area contributed by atoms with E-state index in [9.17, 15) is 0 Å². The molecule has 2 aliphatic carbocycles. The molecule has 0 saturated heterocycles. The molecule has 1 spiro atoms. The number of allylic oxidation sites excluding steroid dienone is 2. The number of rotatable bonds is 4. The van der Waals surface area contributed by atoms with Crippen molar-refractivity contribution in [3.8, 4) is 33.9 Å². The molecule has 2 aliphatic heterocycles. The molecule has 71 heavy (non-hydrogen) atoms. The molecule has 0 bridgehead atoms. The van der Waals surface area contributed by atoms with E-state index in [4.69, 9.17) is 15.0 Å². The van der Waals surface area contributed by atoms with Crippen LogP contribution in [0.25, 0.3) is 77.5 Å². The number of nitrogens with zero attached hydrogens (tertiary/aromatic N) is 6. The lowest BCUT2D eigenvalue weighted by molar-refractivity contribution is 0.719. The molecule has 4 aliphatic rings. The fourth-order valence-electron chi connectivity index (χ4n) is 12.8. The number of para-hydroxylation sites is 4. The molecule has 0 radical (unpaired) electrons. The van der Waals surface area contributed by atoms with Crippen LogP contribution in [0.1, 0.15) is 33.7 Å². The molecule has 7 aromatic carbocycles. The van der Waals surface area contributed by atoms with Gasteiger partial charge in [0, 0.05) is 60.9 Å². The summed E-state index contributed by atoms with van der Waals surface area (Å²) in [5, 5.41) is 4.92. The second-order valence-corrected chi connectivity index (χ2v) is 20.2. The second-order valence-electron chi connectivity index (χ2n) is 19.1. The van der Waals surface area contributed by atoms with Crippen molar-refractivity contribution in [1.29, 1.82) is 0 Å². The van der Waals surface area contributed by atoms with Gasteiger partial charge in [-0.1, -0.05) is 145 Å². The van der Waals surface area contributed by atoms with Crippen LogP contribution in [0, 0.1) is 0 Å². The SMILES string of the molecule is C1=CC2c3cc(-c4ccc5c(c4)C4(c6ccccc6S5)c5cccnc5-c5ncc(-n6c7ccccc7c7ccccc76)cc54)ccc3N(c3ccncc3-n3c4ccccc4c4ccccc43)C2C=C1. The van der Waals surface area contributed by atoms with Gasteiger partial charge in [0.15, 0.2) is 0 Å². The summed E-state index contributed by atoms with van der Waals surface area (Å²) in [5.74, 6) is 0.158. The van der Waals surface area contributed by atoms with Crippen molar-refractivity contribution in [1.82, 2.24) is 24.1 Å². The zero-order valence-corrected chi connectivity index (χ0v) is 39.0. The molecule has 3 unspecified atom stereocenters. The first-order valence-corrected chi connectivity index (χ1v) is 25.1. The number of hydrogen-bond acceptors (Lipinski definition) is 5. The summed E-state index contributed by atoms with van der Waals surface area (Å²) < 4.78 is 4.78. The molecule has 0 amide bonds. The monoisotopic (exact) mass is 924 g/mol. The molecule has 0 saturated carbocycles. The van der Waals surface area contributed by atoms with Gasteiger partial charge < -0.3 is 14.0 Å². The van der Waals surface area contributed by atoms with Gasteiger partial charge in [-0.2, -0.15) is 0 Å². The molecular formula is C64H40N6S. The minimum Gasteiger partial charge on any atom is -0.331 e. The van der Waals surface area contributed by atoms with E-state index in [-0.39, 0.29) is 12.0 Å². The Morgan fingerprint density at radius 1 is 0.437 bits per heavy atom. The molecule has 0 fully saturated rings. The van der Waals surface area contributed by atoms with Gasteiger partial charge >= 0.3 is 0 Å². The summed E-state index contributed by atoms with van der Waals surface area (Å²) in [6, 6.07) is 67.2. The summed E-state index contributed by atoms with van der Waals surface area (Å²) in [6.07, 6.45) is 17.1. The average molecular weight is 925 g/mol. The van der Waals surface area contributed by atoms with E-state index in [1.807, 2.05) is 36.5 Å². The molecule has 0 N–H and O–H groups in total. The third-order valence-electron chi connectivity index (χ3n) is 15.7. The van der Waals surface area contributed by atoms with Crippen LogP contribution in [0.15, 0.2) is 241 Å². The zero-order chi connectivity index (χ0) is 46.4. The van der Waals surface area contributed by atoms with E-state index >= 15 is 0 Å². The number of fused-ring (bicyclic) bond motifs is 18. The van der Waals surface area contributed by atoms with Gasteiger partial charge in [0.25, 0.3) is 0 Å². The Hall–Kier alpha value is -8.78. The first-order valence-electron chi connectivity index (χ1n) is 24.3. The predicted octanol–water partition coefficient (Wildman–Crippen LogP) is 15.3. The summed E-state index contributed by atoms with van der Waals surface area (Å²) in [7, 11) is 0. The van der Waals surface area contributed by atoms with Crippen molar-refractivity contribution in [3.63, 3.8) is 0 Å². The lowest BCUT2D eigenvalue weighted by Gasteiger charge is -2.39. The van der Waals surface area contributed by atoms with E-state index in [1.165, 1.54) is 75.9 Å². The maximum Gasteiger partial charge on any atom is 0.0939 e. The Balaban J connectivity index is 0.885. The van der Waals surface area contributed by atoms with Crippen LogP contribution in [0.4, 0.5) is 11.4 Å². The Morgan fingerprint density at radius 3 is 1.82 bits per heavy atom. The lowest BCUT2D eigenvalue weighted by atomic mass is 9.67. The maximum absolute atomic E-state index is 5.40. The Kier molecular flexibility index (Phi) is 8.05. The van der Waals surface area contributed by atoms with Crippen LogP contribution in [-0.4, -0.2) is 30.1 Å². The van der Waals surface area contributed by atoms with Crippen LogP contribution in [0.3, 0.4) is 0 Å². The Labute approximate surface area is 413 Å². The van der Waals surface area contributed by atoms with Crippen LogP contribution in [0.5, 0.6) is 0 Å². The molecule has 7 heterocycles. The van der Waals surface area contributed by atoms with Crippen molar-refractivity contribution in [3.05, 3.63) is 259 Å². The number of anilines is 2. The minimum absolute atomic E-state index is 0.0921. The van der Waals surface area contributed by atoms with E-state index in [0.29, 0.717) is 0 Å². The van der Waals surface area contributed by atoms with Crippen LogP contribution in [-0.2, 0) is 5.41 Å². The molecule has 12 aromatic rings. The largest absolute Gasteiger partial charge is 0.331 e. The van der Waals surface area contributed by atoms with E-state index in [0.717, 1.165) is 50.6 Å². The van der Waals surface area contributed by atoms with Gasteiger partial charge in [-0.15, -0.1) is 0 Å². The molecule has 332 valence electrons. The van der Waals surface area contributed by atoms with E-state index in [2.05, 4.69) is 220 Å². The standard InChI is InChI=1S/C64H40N6S/c1-7-21-52-42(14-1)43-15-2-8-22-53(43)68(52)41-36-51-63(67-37-41)62-49(20-13-32-66-62)64(51)48-19-6-12-26-60(48)71-61-30-28-40(35-50(61)64)39-27-29-57-47(34-39)46-18-5-11-25-56(46)69(57)58-31-33-65-38-59(58)70-54-23-9-3-16-44(54)45-17-4-10-24-55(45)70/h1-38,46,56H. The molecule has 16 rings (SSSR count). The quantitative estimate of drug-likeness (QED) is 0.176. The van der Waals surface area contributed by atoms with E-state index < -0.39 is 5.41 Å². The highest BCUT2D eigenvalue weighted by Gasteiger charge is 2.52. The first kappa shape index (κ1) is 39.1. The van der Waals surface area contributed by atoms with Crippen LogP contribution < -0.4 is 4.90 Å². The summed E-state index contributed by atoms with van der Waals surface area (Å²) in [6.45, 7) is 0. The highest BCUT2D eigenvalue weighted by Crippen LogP contribution is 2.62. The fraction of sp³-hybridized carbons (Fsp3) is 0.0469. The Morgan fingerprint density at radius 2 is 1.06 bits per heavy atom.